The first-order valence-corrected chi connectivity index (χ1v) is 11.9. The van der Waals surface area contributed by atoms with Crippen molar-refractivity contribution >= 4 is 23.7 Å². The summed E-state index contributed by atoms with van der Waals surface area (Å²) in [6.07, 6.45) is 4.87. The van der Waals surface area contributed by atoms with E-state index in [-0.39, 0.29) is 65.4 Å². The fraction of sp³-hybridized carbons (Fsp3) is 0.429. The van der Waals surface area contributed by atoms with Gasteiger partial charge in [-0.15, -0.1) is 0 Å². The second kappa shape index (κ2) is 16.1. The Labute approximate surface area is 234 Å². The molecule has 9 nitrogen and oxygen atoms in total. The first kappa shape index (κ1) is 35.0. The average Bonchev–Trinajstić information content (AvgIpc) is 3.75. The first-order valence-electron chi connectivity index (χ1n) is 11.9. The molecular weight excluding hydrogens is 487 g/mol. The number of rotatable bonds is 10. The molecule has 0 aromatic heterocycles. The third kappa shape index (κ3) is 10.4. The van der Waals surface area contributed by atoms with Crippen molar-refractivity contribution in [1.82, 2.24) is 0 Å². The summed E-state index contributed by atoms with van der Waals surface area (Å²) in [5, 5.41) is 17.8. The van der Waals surface area contributed by atoms with Gasteiger partial charge in [0.25, 0.3) is 0 Å². The predicted molar refractivity (Wildman–Crippen MR) is 135 cm³/mol. The average molecular weight is 523 g/mol. The summed E-state index contributed by atoms with van der Waals surface area (Å²) < 4.78 is 4.75. The minimum absolute atomic E-state index is 0. The molecule has 0 saturated heterocycles. The molecule has 38 heavy (non-hydrogen) atoms. The van der Waals surface area contributed by atoms with Gasteiger partial charge in [-0.2, -0.15) is 0 Å². The van der Waals surface area contributed by atoms with E-state index in [0.717, 1.165) is 36.8 Å². The van der Waals surface area contributed by atoms with Crippen LogP contribution in [0.15, 0.2) is 48.5 Å². The van der Waals surface area contributed by atoms with Crippen LogP contribution >= 0.6 is 0 Å². The minimum Gasteiger partial charge on any atom is -0.870 e. The molecule has 202 valence electrons. The molecule has 2 atom stereocenters. The maximum Gasteiger partial charge on any atom is 1.00 e. The number of benzene rings is 2. The molecule has 0 spiro atoms. The summed E-state index contributed by atoms with van der Waals surface area (Å²) in [6.45, 7) is 1.56. The predicted octanol–water partition coefficient (Wildman–Crippen LogP) is 1.30. The minimum atomic E-state index is -0.975. The van der Waals surface area contributed by atoms with Crippen LogP contribution < -0.4 is 18.9 Å². The van der Waals surface area contributed by atoms with Crippen molar-refractivity contribution in [3.8, 4) is 0 Å². The van der Waals surface area contributed by atoms with E-state index in [1.54, 1.807) is 19.1 Å². The third-order valence-corrected chi connectivity index (χ3v) is 6.67. The van der Waals surface area contributed by atoms with Crippen LogP contribution in [-0.2, 0) is 14.3 Å². The number of hydrogen-bond acceptors (Lipinski definition) is 6. The maximum absolute atomic E-state index is 11.5. The van der Waals surface area contributed by atoms with Gasteiger partial charge in [0.2, 0.25) is 0 Å². The fourth-order valence-corrected chi connectivity index (χ4v) is 4.45. The zero-order valence-electron chi connectivity index (χ0n) is 22.1. The van der Waals surface area contributed by atoms with Gasteiger partial charge >= 0.3 is 36.8 Å². The van der Waals surface area contributed by atoms with E-state index in [0.29, 0.717) is 23.8 Å². The number of carbonyl (C=O) groups excluding carboxylic acids is 2. The van der Waals surface area contributed by atoms with Crippen LogP contribution in [0.4, 0.5) is 0 Å². The van der Waals surface area contributed by atoms with Gasteiger partial charge in [-0.3, -0.25) is 14.4 Å². The number of esters is 1. The van der Waals surface area contributed by atoms with Crippen LogP contribution in [0.2, 0.25) is 0 Å². The maximum atomic E-state index is 11.5. The van der Waals surface area contributed by atoms with Gasteiger partial charge in [0.15, 0.2) is 5.78 Å². The Kier molecular flexibility index (Phi) is 14.8. The molecule has 2 aliphatic rings. The van der Waals surface area contributed by atoms with Gasteiger partial charge in [0.1, 0.15) is 0 Å². The molecule has 10 heteroatoms. The molecule has 0 radical (unpaired) electrons. The van der Waals surface area contributed by atoms with Gasteiger partial charge in [0, 0.05) is 5.56 Å². The van der Waals surface area contributed by atoms with Crippen LogP contribution in [0.5, 0.6) is 0 Å². The smallest absolute Gasteiger partial charge is 0.870 e. The number of ether oxygens (including phenoxy) is 1. The van der Waals surface area contributed by atoms with Crippen LogP contribution in [0.1, 0.15) is 89.1 Å². The standard InChI is InChI=1S/C15H18O3.C13H14O4.Li.2H2O/c1-10(16)12-4-3-5-13(8-12)14(11-6-7-11)9-15(17)18-2;14-12(15)7-11(8-4-5-8)9-2-1-3-10(6-9)13(16)17;;;/h3-5,8,11,14H,6-7,9H2,1-2H3;1-3,6,8,11H,4-5,7H2,(H,14,15)(H,16,17);;2*1H2/q;;+1;;/p-1/t14-;11-;;;/m00.../s1. The number of carboxylic acid groups (broad SMARTS) is 2. The van der Waals surface area contributed by atoms with Crippen LogP contribution in [0, 0.1) is 11.8 Å². The normalized spacial score (nSPS) is 15.0. The van der Waals surface area contributed by atoms with Gasteiger partial charge in [-0.25, -0.2) is 4.79 Å². The summed E-state index contributed by atoms with van der Waals surface area (Å²) in [4.78, 5) is 44.5. The van der Waals surface area contributed by atoms with Gasteiger partial charge in [-0.05, 0) is 85.6 Å². The van der Waals surface area contributed by atoms with Crippen LogP contribution in [0.3, 0.4) is 0 Å². The van der Waals surface area contributed by atoms with E-state index in [2.05, 4.69) is 0 Å². The monoisotopic (exact) mass is 522 g/mol. The van der Waals surface area contributed by atoms with Gasteiger partial charge < -0.3 is 25.9 Å². The molecule has 0 bridgehead atoms. The van der Waals surface area contributed by atoms with Crippen molar-refractivity contribution in [2.75, 3.05) is 7.11 Å². The van der Waals surface area contributed by atoms with Crippen molar-refractivity contribution in [3.05, 3.63) is 70.8 Å². The first-order chi connectivity index (χ1) is 16.7. The Balaban J connectivity index is 0.000000669. The van der Waals surface area contributed by atoms with Gasteiger partial charge in [-0.1, -0.05) is 30.3 Å². The van der Waals surface area contributed by atoms with E-state index in [9.17, 15) is 19.2 Å². The Morgan fingerprint density at radius 2 is 1.29 bits per heavy atom. The molecule has 0 amide bonds. The molecule has 2 aromatic rings. The Hall–Kier alpha value is -2.96. The van der Waals surface area contributed by atoms with E-state index < -0.39 is 11.9 Å². The second-order valence-electron chi connectivity index (χ2n) is 9.38. The summed E-state index contributed by atoms with van der Waals surface area (Å²) in [7, 11) is 1.41. The summed E-state index contributed by atoms with van der Waals surface area (Å²) in [5.41, 5.74) is 2.84. The molecule has 4 rings (SSSR count). The Bertz CT molecular complexity index is 1090. The molecule has 2 aromatic carbocycles. The zero-order valence-corrected chi connectivity index (χ0v) is 22.1. The number of carboxylic acids is 2. The molecule has 2 saturated carbocycles. The topological polar surface area (TPSA) is 179 Å². The number of Topliss-reactive ketones (excluding diaryl/α,β-unsaturated/α-hetero) is 1. The largest absolute Gasteiger partial charge is 1.00 e. The molecule has 0 aliphatic heterocycles. The quantitative estimate of drug-likeness (QED) is 0.266. The van der Waals surface area contributed by atoms with E-state index in [1.807, 2.05) is 30.3 Å². The Morgan fingerprint density at radius 1 is 0.842 bits per heavy atom. The number of aromatic carboxylic acids is 1. The molecule has 0 unspecified atom stereocenters. The molecule has 0 heterocycles. The van der Waals surface area contributed by atoms with Crippen molar-refractivity contribution < 1.29 is 63.9 Å². The van der Waals surface area contributed by atoms with Crippen molar-refractivity contribution in [2.45, 2.75) is 57.3 Å². The SMILES string of the molecule is COC(=O)C[C@H](c1cccc(C(C)=O)c1)C1CC1.O.O=C(O)C[C@H](c1cccc(C(=O)O)c1)C1CC1.[Li+].[OH-]. The molecular formula is C28H35LiO9. The molecule has 2 fully saturated rings. The number of carbonyl (C=O) groups is 4. The van der Waals surface area contributed by atoms with E-state index >= 15 is 0 Å². The number of hydrogen-bond donors (Lipinski definition) is 2. The summed E-state index contributed by atoms with van der Waals surface area (Å²) in [6, 6.07) is 14.2. The van der Waals surface area contributed by atoms with Crippen molar-refractivity contribution in [2.24, 2.45) is 11.8 Å². The van der Waals surface area contributed by atoms with Gasteiger partial charge in [0.05, 0.1) is 25.5 Å². The fourth-order valence-electron chi connectivity index (χ4n) is 4.45. The number of ketones is 1. The van der Waals surface area contributed by atoms with E-state index in [1.165, 1.54) is 13.2 Å². The number of aliphatic carboxylic acids is 1. The van der Waals surface area contributed by atoms with E-state index in [4.69, 9.17) is 14.9 Å². The number of methoxy groups -OCH3 is 1. The zero-order chi connectivity index (χ0) is 25.5. The summed E-state index contributed by atoms with van der Waals surface area (Å²) >= 11 is 0. The van der Waals surface area contributed by atoms with Crippen LogP contribution in [-0.4, -0.2) is 52.0 Å². The Morgan fingerprint density at radius 3 is 1.68 bits per heavy atom. The summed E-state index contributed by atoms with van der Waals surface area (Å²) in [5.74, 6) is -0.825. The molecule has 5 N–H and O–H groups in total. The van der Waals surface area contributed by atoms with Crippen molar-refractivity contribution in [3.63, 3.8) is 0 Å². The molecule has 2 aliphatic carbocycles. The third-order valence-electron chi connectivity index (χ3n) is 6.67. The van der Waals surface area contributed by atoms with Crippen molar-refractivity contribution in [1.29, 1.82) is 0 Å². The second-order valence-corrected chi connectivity index (χ2v) is 9.38. The van der Waals surface area contributed by atoms with Crippen LogP contribution in [0.25, 0.3) is 0 Å².